The molecule has 0 N–H and O–H groups in total. The molecular formula is C11H12F3NO2. The van der Waals surface area contributed by atoms with Gasteiger partial charge < -0.3 is 4.74 Å². The molecular weight excluding hydrogens is 235 g/mol. The van der Waals surface area contributed by atoms with Crippen LogP contribution in [0.1, 0.15) is 10.4 Å². The van der Waals surface area contributed by atoms with Gasteiger partial charge in [-0.2, -0.15) is 13.2 Å². The molecule has 1 aromatic carbocycles. The van der Waals surface area contributed by atoms with Crippen molar-refractivity contribution in [3.05, 3.63) is 35.9 Å². The van der Waals surface area contributed by atoms with Crippen LogP contribution in [0.4, 0.5) is 13.2 Å². The van der Waals surface area contributed by atoms with Crippen molar-refractivity contribution in [2.24, 2.45) is 0 Å². The van der Waals surface area contributed by atoms with Crippen LogP contribution in [0.5, 0.6) is 0 Å². The first kappa shape index (κ1) is 13.5. The van der Waals surface area contributed by atoms with Crippen LogP contribution in [0, 0.1) is 0 Å². The van der Waals surface area contributed by atoms with E-state index in [1.165, 1.54) is 19.2 Å². The highest BCUT2D eigenvalue weighted by atomic mass is 19.4. The van der Waals surface area contributed by atoms with Gasteiger partial charge in [0.1, 0.15) is 6.73 Å². The molecule has 0 spiro atoms. The van der Waals surface area contributed by atoms with E-state index in [1.54, 1.807) is 18.2 Å². The highest BCUT2D eigenvalue weighted by Crippen LogP contribution is 2.15. The third-order valence-corrected chi connectivity index (χ3v) is 1.87. The van der Waals surface area contributed by atoms with Gasteiger partial charge in [-0.15, -0.1) is 0 Å². The highest BCUT2D eigenvalue weighted by molar-refractivity contribution is 5.89. The summed E-state index contributed by atoms with van der Waals surface area (Å²) in [5.41, 5.74) is 0.313. The molecule has 0 atom stereocenters. The molecule has 0 aromatic heterocycles. The second-order valence-electron chi connectivity index (χ2n) is 3.56. The van der Waals surface area contributed by atoms with E-state index in [0.29, 0.717) is 5.56 Å². The molecule has 94 valence electrons. The molecule has 0 radical (unpaired) electrons. The molecule has 0 saturated heterocycles. The van der Waals surface area contributed by atoms with E-state index in [0.717, 1.165) is 4.90 Å². The van der Waals surface area contributed by atoms with Gasteiger partial charge in [0.25, 0.3) is 0 Å². The number of esters is 1. The average Bonchev–Trinajstić information content (AvgIpc) is 2.25. The van der Waals surface area contributed by atoms with Crippen LogP contribution >= 0.6 is 0 Å². The zero-order chi connectivity index (χ0) is 12.9. The van der Waals surface area contributed by atoms with Gasteiger partial charge in [-0.25, -0.2) is 4.79 Å². The Morgan fingerprint density at radius 2 is 1.88 bits per heavy atom. The number of ether oxygens (including phenoxy) is 1. The minimum Gasteiger partial charge on any atom is -0.446 e. The minimum absolute atomic E-state index is 0.313. The van der Waals surface area contributed by atoms with Crippen LogP contribution in [0.3, 0.4) is 0 Å². The van der Waals surface area contributed by atoms with Gasteiger partial charge in [-0.3, -0.25) is 4.90 Å². The fraction of sp³-hybridized carbons (Fsp3) is 0.364. The second kappa shape index (κ2) is 5.67. The van der Waals surface area contributed by atoms with E-state index in [1.807, 2.05) is 0 Å². The van der Waals surface area contributed by atoms with E-state index < -0.39 is 25.4 Å². The van der Waals surface area contributed by atoms with Crippen LogP contribution in [-0.4, -0.2) is 37.4 Å². The Bertz CT molecular complexity index is 365. The van der Waals surface area contributed by atoms with E-state index in [2.05, 4.69) is 0 Å². The number of carbonyl (C=O) groups excluding carboxylic acids is 1. The average molecular weight is 247 g/mol. The lowest BCUT2D eigenvalue weighted by molar-refractivity contribution is -0.150. The maximum absolute atomic E-state index is 12.0. The second-order valence-corrected chi connectivity index (χ2v) is 3.56. The van der Waals surface area contributed by atoms with Crippen molar-refractivity contribution in [2.75, 3.05) is 20.3 Å². The van der Waals surface area contributed by atoms with Gasteiger partial charge in [-0.05, 0) is 19.2 Å². The third kappa shape index (κ3) is 5.35. The van der Waals surface area contributed by atoms with Gasteiger partial charge >= 0.3 is 12.1 Å². The Morgan fingerprint density at radius 1 is 1.29 bits per heavy atom. The quantitative estimate of drug-likeness (QED) is 0.604. The molecule has 0 aliphatic rings. The fourth-order valence-electron chi connectivity index (χ4n) is 1.18. The standard InChI is InChI=1S/C11H12F3NO2/c1-15(7-11(12,13)14)8-17-10(16)9-5-3-2-4-6-9/h2-6H,7-8H2,1H3. The van der Waals surface area contributed by atoms with Gasteiger partial charge in [0.15, 0.2) is 0 Å². The molecule has 0 saturated carbocycles. The number of carbonyl (C=O) groups is 1. The van der Waals surface area contributed by atoms with Crippen molar-refractivity contribution in [1.82, 2.24) is 4.90 Å². The number of hydrogen-bond donors (Lipinski definition) is 0. The van der Waals surface area contributed by atoms with E-state index in [9.17, 15) is 18.0 Å². The van der Waals surface area contributed by atoms with Gasteiger partial charge in [-0.1, -0.05) is 18.2 Å². The van der Waals surface area contributed by atoms with Gasteiger partial charge in [0.2, 0.25) is 0 Å². The van der Waals surface area contributed by atoms with Crippen molar-refractivity contribution in [1.29, 1.82) is 0 Å². The molecule has 0 heterocycles. The predicted molar refractivity (Wildman–Crippen MR) is 55.4 cm³/mol. The zero-order valence-electron chi connectivity index (χ0n) is 9.20. The normalized spacial score (nSPS) is 11.6. The summed E-state index contributed by atoms with van der Waals surface area (Å²) in [6, 6.07) is 8.09. The molecule has 0 unspecified atom stereocenters. The van der Waals surface area contributed by atoms with E-state index in [-0.39, 0.29) is 0 Å². The third-order valence-electron chi connectivity index (χ3n) is 1.87. The van der Waals surface area contributed by atoms with Crippen LogP contribution in [0.15, 0.2) is 30.3 Å². The molecule has 6 heteroatoms. The number of rotatable bonds is 4. The van der Waals surface area contributed by atoms with Crippen molar-refractivity contribution in [3.63, 3.8) is 0 Å². The number of nitrogens with zero attached hydrogens (tertiary/aromatic N) is 1. The Labute approximate surface area is 96.8 Å². The molecule has 0 aliphatic carbocycles. The lowest BCUT2D eigenvalue weighted by atomic mass is 10.2. The molecule has 1 rings (SSSR count). The Morgan fingerprint density at radius 3 is 2.41 bits per heavy atom. The number of hydrogen-bond acceptors (Lipinski definition) is 3. The largest absolute Gasteiger partial charge is 0.446 e. The predicted octanol–water partition coefficient (Wildman–Crippen LogP) is 2.29. The molecule has 0 bridgehead atoms. The molecule has 1 aromatic rings. The summed E-state index contributed by atoms with van der Waals surface area (Å²) < 4.78 is 40.6. The molecule has 0 fully saturated rings. The van der Waals surface area contributed by atoms with Crippen LogP contribution in [0.25, 0.3) is 0 Å². The van der Waals surface area contributed by atoms with Crippen LogP contribution in [0.2, 0.25) is 0 Å². The minimum atomic E-state index is -4.30. The maximum Gasteiger partial charge on any atom is 0.401 e. The highest BCUT2D eigenvalue weighted by Gasteiger charge is 2.29. The topological polar surface area (TPSA) is 29.5 Å². The summed E-state index contributed by atoms with van der Waals surface area (Å²) >= 11 is 0. The smallest absolute Gasteiger partial charge is 0.401 e. The number of alkyl halides is 3. The number of halogens is 3. The molecule has 0 amide bonds. The first-order valence-electron chi connectivity index (χ1n) is 4.86. The summed E-state index contributed by atoms with van der Waals surface area (Å²) in [6.45, 7) is -1.51. The van der Waals surface area contributed by atoms with Crippen molar-refractivity contribution in [3.8, 4) is 0 Å². The van der Waals surface area contributed by atoms with Gasteiger partial charge in [0, 0.05) is 0 Å². The summed E-state index contributed by atoms with van der Waals surface area (Å²) in [7, 11) is 1.23. The van der Waals surface area contributed by atoms with Crippen LogP contribution < -0.4 is 0 Å². The summed E-state index contributed by atoms with van der Waals surface area (Å²) in [5.74, 6) is -0.639. The summed E-state index contributed by atoms with van der Waals surface area (Å²) in [5, 5.41) is 0. The van der Waals surface area contributed by atoms with Crippen LogP contribution in [-0.2, 0) is 4.74 Å². The van der Waals surface area contributed by atoms with E-state index >= 15 is 0 Å². The first-order chi connectivity index (χ1) is 7.88. The Kier molecular flexibility index (Phi) is 4.51. The Hall–Kier alpha value is -1.56. The van der Waals surface area contributed by atoms with Crippen molar-refractivity contribution < 1.29 is 22.7 Å². The summed E-state index contributed by atoms with van der Waals surface area (Å²) in [6.07, 6.45) is -4.30. The molecule has 3 nitrogen and oxygen atoms in total. The fourth-order valence-corrected chi connectivity index (χ4v) is 1.18. The summed E-state index contributed by atoms with van der Waals surface area (Å²) in [4.78, 5) is 12.3. The first-order valence-corrected chi connectivity index (χ1v) is 4.86. The van der Waals surface area contributed by atoms with Crippen molar-refractivity contribution >= 4 is 5.97 Å². The zero-order valence-corrected chi connectivity index (χ0v) is 9.20. The lowest BCUT2D eigenvalue weighted by Gasteiger charge is -2.18. The molecule has 17 heavy (non-hydrogen) atoms. The molecule has 0 aliphatic heterocycles. The lowest BCUT2D eigenvalue weighted by Crippen LogP contribution is -2.33. The maximum atomic E-state index is 12.0. The van der Waals surface area contributed by atoms with Gasteiger partial charge in [0.05, 0.1) is 12.1 Å². The van der Waals surface area contributed by atoms with E-state index in [4.69, 9.17) is 4.74 Å². The Balaban J connectivity index is 2.39. The SMILES string of the molecule is CN(COC(=O)c1ccccc1)CC(F)(F)F. The van der Waals surface area contributed by atoms with Crippen molar-refractivity contribution in [2.45, 2.75) is 6.18 Å². The monoisotopic (exact) mass is 247 g/mol. The number of benzene rings is 1.